The average Bonchev–Trinajstić information content (AvgIpc) is 2.48. The number of benzene rings is 1. The van der Waals surface area contributed by atoms with Gasteiger partial charge in [0.1, 0.15) is 10.7 Å². The Morgan fingerprint density at radius 3 is 2.70 bits per heavy atom. The highest BCUT2D eigenvalue weighted by Gasteiger charge is 2.08. The highest BCUT2D eigenvalue weighted by atomic mass is 32.1. The number of thiocarbonyl (C=S) groups is 1. The molecule has 0 unspecified atom stereocenters. The molecule has 4 nitrogen and oxygen atoms in total. The van der Waals surface area contributed by atoms with E-state index in [9.17, 15) is 0 Å². The van der Waals surface area contributed by atoms with Crippen LogP contribution >= 0.6 is 12.2 Å². The number of aryl methyl sites for hydroxylation is 1. The van der Waals surface area contributed by atoms with Crippen LogP contribution in [0.4, 0.5) is 0 Å². The molecule has 2 rings (SSSR count). The van der Waals surface area contributed by atoms with Gasteiger partial charge in [-0.25, -0.2) is 4.98 Å². The minimum absolute atomic E-state index is 0.240. The number of methoxy groups -OCH3 is 1. The maximum absolute atomic E-state index is 5.74. The molecule has 104 valence electrons. The van der Waals surface area contributed by atoms with Crippen molar-refractivity contribution >= 4 is 17.2 Å². The first-order valence-corrected chi connectivity index (χ1v) is 6.66. The third kappa shape index (κ3) is 3.24. The van der Waals surface area contributed by atoms with Crippen LogP contribution < -0.4 is 15.2 Å². The molecule has 0 aliphatic rings. The van der Waals surface area contributed by atoms with E-state index in [1.54, 1.807) is 25.3 Å². The second-order valence-electron chi connectivity index (χ2n) is 4.17. The van der Waals surface area contributed by atoms with E-state index in [4.69, 9.17) is 27.4 Å². The van der Waals surface area contributed by atoms with Crippen molar-refractivity contribution < 1.29 is 9.47 Å². The van der Waals surface area contributed by atoms with Gasteiger partial charge in [-0.3, -0.25) is 0 Å². The van der Waals surface area contributed by atoms with Crippen molar-refractivity contribution in [3.05, 3.63) is 47.7 Å². The lowest BCUT2D eigenvalue weighted by Crippen LogP contribution is -2.11. The van der Waals surface area contributed by atoms with Gasteiger partial charge >= 0.3 is 0 Å². The van der Waals surface area contributed by atoms with E-state index in [1.807, 2.05) is 18.2 Å². The summed E-state index contributed by atoms with van der Waals surface area (Å²) in [7, 11) is 1.61. The Morgan fingerprint density at radius 2 is 2.05 bits per heavy atom. The third-order valence-electron chi connectivity index (χ3n) is 2.83. The Bertz CT molecular complexity index is 629. The molecule has 0 bridgehead atoms. The molecule has 0 saturated heterocycles. The zero-order valence-electron chi connectivity index (χ0n) is 11.4. The first-order valence-electron chi connectivity index (χ1n) is 6.25. The second-order valence-corrected chi connectivity index (χ2v) is 4.61. The van der Waals surface area contributed by atoms with Crippen molar-refractivity contribution in [1.29, 1.82) is 0 Å². The van der Waals surface area contributed by atoms with Crippen LogP contribution in [0.3, 0.4) is 0 Å². The van der Waals surface area contributed by atoms with E-state index >= 15 is 0 Å². The molecule has 0 spiro atoms. The standard InChI is InChI=1S/C15H16N2O2S/c1-3-10-7-8-12(13(9-10)18-2)19-14-6-4-5-11(17-14)15(16)20/h4-9H,3H2,1-2H3,(H2,16,20). The SMILES string of the molecule is CCc1ccc(Oc2cccc(C(N)=S)n2)c(OC)c1. The summed E-state index contributed by atoms with van der Waals surface area (Å²) in [5, 5.41) is 0. The zero-order valence-corrected chi connectivity index (χ0v) is 12.2. The number of aromatic nitrogens is 1. The summed E-state index contributed by atoms with van der Waals surface area (Å²) in [6.07, 6.45) is 0.936. The summed E-state index contributed by atoms with van der Waals surface area (Å²) in [6.45, 7) is 2.09. The van der Waals surface area contributed by atoms with E-state index in [0.717, 1.165) is 6.42 Å². The van der Waals surface area contributed by atoms with Crippen LogP contribution in [0.2, 0.25) is 0 Å². The smallest absolute Gasteiger partial charge is 0.220 e. The molecule has 0 saturated carbocycles. The molecule has 2 N–H and O–H groups in total. The molecule has 1 aromatic carbocycles. The number of nitrogens with zero attached hydrogens (tertiary/aromatic N) is 1. The van der Waals surface area contributed by atoms with Gasteiger partial charge in [0.05, 0.1) is 7.11 Å². The number of rotatable bonds is 5. The van der Waals surface area contributed by atoms with Gasteiger partial charge in [0.15, 0.2) is 11.5 Å². The molecule has 0 aliphatic carbocycles. The van der Waals surface area contributed by atoms with Crippen LogP contribution in [0.1, 0.15) is 18.2 Å². The van der Waals surface area contributed by atoms with Gasteiger partial charge in [-0.2, -0.15) is 0 Å². The van der Waals surface area contributed by atoms with Crippen LogP contribution in [0.25, 0.3) is 0 Å². The predicted molar refractivity (Wildman–Crippen MR) is 82.6 cm³/mol. The summed E-state index contributed by atoms with van der Waals surface area (Å²) >= 11 is 4.90. The van der Waals surface area contributed by atoms with Crippen LogP contribution in [-0.4, -0.2) is 17.1 Å². The Hall–Kier alpha value is -2.14. The summed E-state index contributed by atoms with van der Waals surface area (Å²) < 4.78 is 11.1. The van der Waals surface area contributed by atoms with Gasteiger partial charge in [-0.05, 0) is 30.2 Å². The topological polar surface area (TPSA) is 57.4 Å². The lowest BCUT2D eigenvalue weighted by atomic mass is 10.1. The molecule has 2 aromatic rings. The van der Waals surface area contributed by atoms with Gasteiger partial charge in [0.25, 0.3) is 0 Å². The number of hydrogen-bond acceptors (Lipinski definition) is 4. The third-order valence-corrected chi connectivity index (χ3v) is 3.04. The average molecular weight is 288 g/mol. The first kappa shape index (κ1) is 14.3. The molecule has 0 aliphatic heterocycles. The highest BCUT2D eigenvalue weighted by molar-refractivity contribution is 7.80. The van der Waals surface area contributed by atoms with E-state index < -0.39 is 0 Å². The van der Waals surface area contributed by atoms with Gasteiger partial charge < -0.3 is 15.2 Å². The van der Waals surface area contributed by atoms with Crippen LogP contribution in [0, 0.1) is 0 Å². The number of pyridine rings is 1. The molecule has 20 heavy (non-hydrogen) atoms. The molecule has 1 heterocycles. The van der Waals surface area contributed by atoms with Crippen molar-refractivity contribution in [3.63, 3.8) is 0 Å². The van der Waals surface area contributed by atoms with Crippen LogP contribution in [0.5, 0.6) is 17.4 Å². The summed E-state index contributed by atoms with van der Waals surface area (Å²) in [5.41, 5.74) is 7.27. The van der Waals surface area contributed by atoms with E-state index in [-0.39, 0.29) is 4.99 Å². The molecule has 5 heteroatoms. The van der Waals surface area contributed by atoms with Crippen molar-refractivity contribution in [2.24, 2.45) is 5.73 Å². The lowest BCUT2D eigenvalue weighted by Gasteiger charge is -2.11. The number of nitrogens with two attached hydrogens (primary N) is 1. The maximum Gasteiger partial charge on any atom is 0.220 e. The zero-order chi connectivity index (χ0) is 14.5. The summed E-state index contributed by atoms with van der Waals surface area (Å²) in [5.74, 6) is 1.71. The van der Waals surface area contributed by atoms with Crippen molar-refractivity contribution in [1.82, 2.24) is 4.98 Å². The molecule has 0 amide bonds. The van der Waals surface area contributed by atoms with Gasteiger partial charge in [-0.15, -0.1) is 0 Å². The quantitative estimate of drug-likeness (QED) is 0.857. The van der Waals surface area contributed by atoms with Crippen molar-refractivity contribution in [3.8, 4) is 17.4 Å². The molecule has 0 atom stereocenters. The van der Waals surface area contributed by atoms with Crippen molar-refractivity contribution in [2.45, 2.75) is 13.3 Å². The molecular formula is C15H16N2O2S. The summed E-state index contributed by atoms with van der Waals surface area (Å²) in [6, 6.07) is 11.1. The highest BCUT2D eigenvalue weighted by Crippen LogP contribution is 2.31. The monoisotopic (exact) mass is 288 g/mol. The maximum atomic E-state index is 5.74. The molecular weight excluding hydrogens is 272 g/mol. The fourth-order valence-electron chi connectivity index (χ4n) is 1.74. The minimum Gasteiger partial charge on any atom is -0.493 e. The predicted octanol–water partition coefficient (Wildman–Crippen LogP) is 3.08. The van der Waals surface area contributed by atoms with Gasteiger partial charge in [-0.1, -0.05) is 31.3 Å². The number of ether oxygens (including phenoxy) is 2. The van der Waals surface area contributed by atoms with E-state index in [0.29, 0.717) is 23.1 Å². The molecule has 0 radical (unpaired) electrons. The second kappa shape index (κ2) is 6.34. The van der Waals surface area contributed by atoms with Gasteiger partial charge in [0, 0.05) is 6.07 Å². The van der Waals surface area contributed by atoms with E-state index in [1.165, 1.54) is 5.56 Å². The lowest BCUT2D eigenvalue weighted by molar-refractivity contribution is 0.373. The largest absolute Gasteiger partial charge is 0.493 e. The molecule has 0 fully saturated rings. The summed E-state index contributed by atoms with van der Waals surface area (Å²) in [4.78, 5) is 4.48. The van der Waals surface area contributed by atoms with Crippen LogP contribution in [0.15, 0.2) is 36.4 Å². The fraction of sp³-hybridized carbons (Fsp3) is 0.200. The first-order chi connectivity index (χ1) is 9.63. The number of hydrogen-bond donors (Lipinski definition) is 1. The fourth-order valence-corrected chi connectivity index (χ4v) is 1.85. The Kier molecular flexibility index (Phi) is 4.53. The normalized spacial score (nSPS) is 10.1. The Morgan fingerprint density at radius 1 is 1.25 bits per heavy atom. The Labute approximate surface area is 123 Å². The van der Waals surface area contributed by atoms with Crippen molar-refractivity contribution in [2.75, 3.05) is 7.11 Å². The van der Waals surface area contributed by atoms with Gasteiger partial charge in [0.2, 0.25) is 5.88 Å². The molecule has 1 aromatic heterocycles. The minimum atomic E-state index is 0.240. The van der Waals surface area contributed by atoms with Crippen LogP contribution in [-0.2, 0) is 6.42 Å². The van der Waals surface area contributed by atoms with E-state index in [2.05, 4.69) is 11.9 Å². The Balaban J connectivity index is 2.29.